The van der Waals surface area contributed by atoms with Gasteiger partial charge >= 0.3 is 5.97 Å². The van der Waals surface area contributed by atoms with Gasteiger partial charge in [-0.3, -0.25) is 9.59 Å². The van der Waals surface area contributed by atoms with E-state index < -0.39 is 5.97 Å². The maximum absolute atomic E-state index is 12.8. The molecular weight excluding hydrogens is 288 g/mol. The second-order valence-electron chi connectivity index (χ2n) is 5.09. The van der Waals surface area contributed by atoms with E-state index in [9.17, 15) is 9.59 Å². The Balaban J connectivity index is 2.24. The lowest BCUT2D eigenvalue weighted by molar-refractivity contribution is -0.137. The highest BCUT2D eigenvalue weighted by Crippen LogP contribution is 2.27. The first-order valence-electron chi connectivity index (χ1n) is 7.20. The second kappa shape index (κ2) is 7.22. The number of carbonyl (C=O) groups is 2. The van der Waals surface area contributed by atoms with Crippen molar-refractivity contribution in [3.8, 4) is 5.88 Å². The maximum Gasteiger partial charge on any atom is 0.305 e. The van der Waals surface area contributed by atoms with Crippen molar-refractivity contribution in [2.75, 3.05) is 20.3 Å². The molecule has 1 aliphatic heterocycles. The second-order valence-corrected chi connectivity index (χ2v) is 5.09. The summed E-state index contributed by atoms with van der Waals surface area (Å²) in [6.07, 6.45) is 1.81. The van der Waals surface area contributed by atoms with Crippen molar-refractivity contribution in [2.24, 2.45) is 0 Å². The number of hydrogen-bond acceptors (Lipinski definition) is 5. The number of pyridine rings is 1. The number of likely N-dealkylation sites (tertiary alicyclic amines) is 1. The standard InChI is InChI=1S/C15H20N2O5/c1-3-22-14-12(5-4-6-16-14)15(20)17-9-11(21-2)7-10(17)8-13(18)19/h4-6,10-11H,3,7-9H2,1-2H3,(H,18,19). The fraction of sp³-hybridized carbons (Fsp3) is 0.533. The molecule has 7 nitrogen and oxygen atoms in total. The van der Waals surface area contributed by atoms with Crippen molar-refractivity contribution in [1.82, 2.24) is 9.88 Å². The van der Waals surface area contributed by atoms with Crippen molar-refractivity contribution in [2.45, 2.75) is 31.9 Å². The molecule has 1 aromatic heterocycles. The molecule has 1 amide bonds. The van der Waals surface area contributed by atoms with Crippen LogP contribution in [0.2, 0.25) is 0 Å². The maximum atomic E-state index is 12.8. The first-order chi connectivity index (χ1) is 10.6. The molecule has 1 fully saturated rings. The topological polar surface area (TPSA) is 89.0 Å². The summed E-state index contributed by atoms with van der Waals surface area (Å²) in [5.41, 5.74) is 0.344. The van der Waals surface area contributed by atoms with E-state index >= 15 is 0 Å². The Morgan fingerprint density at radius 2 is 2.27 bits per heavy atom. The lowest BCUT2D eigenvalue weighted by Crippen LogP contribution is -2.37. The first-order valence-corrected chi connectivity index (χ1v) is 7.20. The third kappa shape index (κ3) is 3.54. The average Bonchev–Trinajstić information content (AvgIpc) is 2.89. The molecule has 2 unspecified atom stereocenters. The summed E-state index contributed by atoms with van der Waals surface area (Å²) < 4.78 is 10.7. The van der Waals surface area contributed by atoms with Gasteiger partial charge in [0.05, 0.1) is 19.1 Å². The van der Waals surface area contributed by atoms with E-state index in [1.807, 2.05) is 6.92 Å². The number of rotatable bonds is 6. The molecule has 0 aliphatic carbocycles. The number of amides is 1. The van der Waals surface area contributed by atoms with E-state index in [-0.39, 0.29) is 30.4 Å². The fourth-order valence-corrected chi connectivity index (χ4v) is 2.65. The number of aromatic nitrogens is 1. The summed E-state index contributed by atoms with van der Waals surface area (Å²) in [6.45, 7) is 2.58. The van der Waals surface area contributed by atoms with Crippen LogP contribution in [0.1, 0.15) is 30.1 Å². The van der Waals surface area contributed by atoms with Crippen LogP contribution < -0.4 is 4.74 Å². The number of carboxylic acids is 1. The largest absolute Gasteiger partial charge is 0.481 e. The van der Waals surface area contributed by atoms with Gasteiger partial charge in [-0.05, 0) is 25.5 Å². The van der Waals surface area contributed by atoms with Gasteiger partial charge in [-0.25, -0.2) is 4.98 Å². The molecule has 0 spiro atoms. The van der Waals surface area contributed by atoms with E-state index in [0.717, 1.165) is 0 Å². The van der Waals surface area contributed by atoms with E-state index in [2.05, 4.69) is 4.98 Å². The number of methoxy groups -OCH3 is 1. The molecule has 1 N–H and O–H groups in total. The Hall–Kier alpha value is -2.15. The summed E-state index contributed by atoms with van der Waals surface area (Å²) in [4.78, 5) is 29.4. The molecule has 7 heteroatoms. The van der Waals surface area contributed by atoms with Gasteiger partial charge in [0.1, 0.15) is 5.56 Å². The zero-order valence-corrected chi connectivity index (χ0v) is 12.7. The summed E-state index contributed by atoms with van der Waals surface area (Å²) in [7, 11) is 1.56. The van der Waals surface area contributed by atoms with Crippen LogP contribution in [0.3, 0.4) is 0 Å². The third-order valence-corrected chi connectivity index (χ3v) is 3.66. The van der Waals surface area contributed by atoms with Gasteiger partial charge in [0, 0.05) is 25.9 Å². The van der Waals surface area contributed by atoms with Crippen LogP contribution in [-0.4, -0.2) is 59.3 Å². The molecule has 2 atom stereocenters. The minimum absolute atomic E-state index is 0.101. The Morgan fingerprint density at radius 1 is 1.50 bits per heavy atom. The third-order valence-electron chi connectivity index (χ3n) is 3.66. The van der Waals surface area contributed by atoms with Gasteiger partial charge in [0.25, 0.3) is 5.91 Å². The van der Waals surface area contributed by atoms with Crippen molar-refractivity contribution >= 4 is 11.9 Å². The molecule has 1 aromatic rings. The van der Waals surface area contributed by atoms with E-state index in [0.29, 0.717) is 25.1 Å². The molecular formula is C15H20N2O5. The first kappa shape index (κ1) is 16.2. The van der Waals surface area contributed by atoms with Crippen molar-refractivity contribution in [3.63, 3.8) is 0 Å². The molecule has 0 bridgehead atoms. The van der Waals surface area contributed by atoms with Crippen LogP contribution in [0.4, 0.5) is 0 Å². The lowest BCUT2D eigenvalue weighted by atomic mass is 10.1. The zero-order valence-electron chi connectivity index (χ0n) is 12.7. The van der Waals surface area contributed by atoms with Crippen LogP contribution in [0.5, 0.6) is 5.88 Å². The van der Waals surface area contributed by atoms with Crippen LogP contribution in [0, 0.1) is 0 Å². The molecule has 0 saturated carbocycles. The fourth-order valence-electron chi connectivity index (χ4n) is 2.65. The smallest absolute Gasteiger partial charge is 0.305 e. The number of carboxylic acid groups (broad SMARTS) is 1. The molecule has 1 aliphatic rings. The van der Waals surface area contributed by atoms with Crippen LogP contribution in [0.25, 0.3) is 0 Å². The Bertz CT molecular complexity index is 548. The highest BCUT2D eigenvalue weighted by molar-refractivity contribution is 5.97. The molecule has 22 heavy (non-hydrogen) atoms. The highest BCUT2D eigenvalue weighted by Gasteiger charge is 2.37. The van der Waals surface area contributed by atoms with Gasteiger partial charge in [-0.15, -0.1) is 0 Å². The Kier molecular flexibility index (Phi) is 5.32. The number of carbonyl (C=O) groups excluding carboxylic acids is 1. The number of aliphatic carboxylic acids is 1. The summed E-state index contributed by atoms with van der Waals surface area (Å²) in [5.74, 6) is -0.942. The summed E-state index contributed by atoms with van der Waals surface area (Å²) >= 11 is 0. The normalized spacial score (nSPS) is 20.9. The number of nitrogens with zero attached hydrogens (tertiary/aromatic N) is 2. The van der Waals surface area contributed by atoms with Gasteiger partial charge < -0.3 is 19.5 Å². The predicted molar refractivity (Wildman–Crippen MR) is 77.9 cm³/mol. The monoisotopic (exact) mass is 308 g/mol. The SMILES string of the molecule is CCOc1ncccc1C(=O)N1CC(OC)CC1CC(=O)O. The molecule has 120 valence electrons. The molecule has 2 heterocycles. The summed E-state index contributed by atoms with van der Waals surface area (Å²) in [5, 5.41) is 9.03. The van der Waals surface area contributed by atoms with Gasteiger partial charge in [0.2, 0.25) is 5.88 Å². The number of hydrogen-bond donors (Lipinski definition) is 1. The molecule has 0 radical (unpaired) electrons. The highest BCUT2D eigenvalue weighted by atomic mass is 16.5. The van der Waals surface area contributed by atoms with Crippen LogP contribution in [-0.2, 0) is 9.53 Å². The average molecular weight is 308 g/mol. The van der Waals surface area contributed by atoms with Gasteiger partial charge in [-0.1, -0.05) is 0 Å². The van der Waals surface area contributed by atoms with E-state index in [4.69, 9.17) is 14.6 Å². The number of ether oxygens (including phenoxy) is 2. The van der Waals surface area contributed by atoms with E-state index in [1.54, 1.807) is 30.3 Å². The predicted octanol–water partition coefficient (Wildman–Crippen LogP) is 1.18. The summed E-state index contributed by atoms with van der Waals surface area (Å²) in [6, 6.07) is 2.91. The van der Waals surface area contributed by atoms with E-state index in [1.165, 1.54) is 0 Å². The molecule has 2 rings (SSSR count). The molecule has 0 aromatic carbocycles. The van der Waals surface area contributed by atoms with Crippen LogP contribution >= 0.6 is 0 Å². The van der Waals surface area contributed by atoms with Gasteiger partial charge in [-0.2, -0.15) is 0 Å². The Morgan fingerprint density at radius 3 is 2.91 bits per heavy atom. The van der Waals surface area contributed by atoms with Gasteiger partial charge in [0.15, 0.2) is 0 Å². The van der Waals surface area contributed by atoms with Crippen molar-refractivity contribution < 1.29 is 24.2 Å². The molecule has 1 saturated heterocycles. The lowest BCUT2D eigenvalue weighted by Gasteiger charge is -2.23. The minimum atomic E-state index is -0.934. The zero-order chi connectivity index (χ0) is 16.1. The van der Waals surface area contributed by atoms with Crippen molar-refractivity contribution in [1.29, 1.82) is 0 Å². The van der Waals surface area contributed by atoms with Crippen LogP contribution in [0.15, 0.2) is 18.3 Å². The van der Waals surface area contributed by atoms with Crippen molar-refractivity contribution in [3.05, 3.63) is 23.9 Å². The quantitative estimate of drug-likeness (QED) is 0.849. The Labute approximate surface area is 128 Å². The minimum Gasteiger partial charge on any atom is -0.481 e.